The number of carbonyl (C=O) groups excluding carboxylic acids is 2. The second kappa shape index (κ2) is 6.42. The van der Waals surface area contributed by atoms with Gasteiger partial charge < -0.3 is 14.2 Å². The smallest absolute Gasteiger partial charge is 0.344 e. The summed E-state index contributed by atoms with van der Waals surface area (Å²) in [5.41, 5.74) is -0.566. The van der Waals surface area contributed by atoms with Crippen molar-refractivity contribution in [3.05, 3.63) is 0 Å². The van der Waals surface area contributed by atoms with Gasteiger partial charge in [-0.05, 0) is 63.7 Å². The Kier molecular flexibility index (Phi) is 4.68. The van der Waals surface area contributed by atoms with Gasteiger partial charge in [-0.15, -0.1) is 0 Å². The summed E-state index contributed by atoms with van der Waals surface area (Å²) >= 11 is 0. The molecule has 0 amide bonds. The van der Waals surface area contributed by atoms with Crippen LogP contribution in [0.5, 0.6) is 0 Å². The number of hydrogen-bond donors (Lipinski definition) is 0. The predicted molar refractivity (Wildman–Crippen MR) is 83.6 cm³/mol. The zero-order chi connectivity index (χ0) is 16.6. The number of carbonyl (C=O) groups is 2. The highest BCUT2D eigenvalue weighted by Crippen LogP contribution is 2.47. The van der Waals surface area contributed by atoms with Gasteiger partial charge in [-0.3, -0.25) is 4.79 Å². The molecule has 0 radical (unpaired) electrons. The van der Waals surface area contributed by atoms with Crippen molar-refractivity contribution in [2.45, 2.75) is 65.1 Å². The van der Waals surface area contributed by atoms with E-state index in [2.05, 4.69) is 0 Å². The molecule has 0 aromatic carbocycles. The number of fused-ring (bicyclic) bond motifs is 1. The summed E-state index contributed by atoms with van der Waals surface area (Å²) in [7, 11) is 0. The van der Waals surface area contributed by atoms with Gasteiger partial charge in [-0.25, -0.2) is 4.79 Å². The van der Waals surface area contributed by atoms with E-state index in [0.717, 1.165) is 31.8 Å². The van der Waals surface area contributed by atoms with Crippen LogP contribution in [-0.4, -0.2) is 37.4 Å². The van der Waals surface area contributed by atoms with E-state index in [1.54, 1.807) is 0 Å². The van der Waals surface area contributed by atoms with Gasteiger partial charge in [0, 0.05) is 6.61 Å². The zero-order valence-corrected chi connectivity index (χ0v) is 14.4. The first kappa shape index (κ1) is 16.7. The van der Waals surface area contributed by atoms with E-state index in [-0.39, 0.29) is 24.8 Å². The van der Waals surface area contributed by atoms with Crippen LogP contribution < -0.4 is 0 Å². The van der Waals surface area contributed by atoms with Crippen molar-refractivity contribution in [2.75, 3.05) is 13.2 Å². The molecule has 4 fully saturated rings. The van der Waals surface area contributed by atoms with Crippen LogP contribution in [0, 0.1) is 23.2 Å². The Bertz CT molecular complexity index is 464. The number of esters is 2. The minimum Gasteiger partial charge on any atom is -0.457 e. The van der Waals surface area contributed by atoms with Crippen LogP contribution in [-0.2, 0) is 23.8 Å². The van der Waals surface area contributed by atoms with Gasteiger partial charge in [0.1, 0.15) is 6.10 Å². The molecule has 4 rings (SSSR count). The van der Waals surface area contributed by atoms with Gasteiger partial charge in [-0.1, -0.05) is 6.92 Å². The Balaban J connectivity index is 1.53. The molecule has 0 spiro atoms. The summed E-state index contributed by atoms with van der Waals surface area (Å²) in [6.45, 7) is 6.05. The first-order chi connectivity index (χ1) is 10.9. The molecular weight excluding hydrogens is 296 g/mol. The van der Waals surface area contributed by atoms with Crippen LogP contribution in [0.25, 0.3) is 0 Å². The molecule has 4 bridgehead atoms. The van der Waals surface area contributed by atoms with Gasteiger partial charge in [0.15, 0.2) is 6.61 Å². The highest BCUT2D eigenvalue weighted by atomic mass is 16.6. The molecule has 0 aromatic rings. The highest BCUT2D eigenvalue weighted by Gasteiger charge is 2.48. The first-order valence-electron chi connectivity index (χ1n) is 8.87. The minimum atomic E-state index is -0.566. The van der Waals surface area contributed by atoms with Gasteiger partial charge in [0.2, 0.25) is 0 Å². The van der Waals surface area contributed by atoms with Crippen LogP contribution >= 0.6 is 0 Å². The second-order valence-electron chi connectivity index (χ2n) is 8.07. The largest absolute Gasteiger partial charge is 0.457 e. The molecule has 0 aromatic heterocycles. The summed E-state index contributed by atoms with van der Waals surface area (Å²) in [6.07, 6.45) is 5.01. The number of rotatable bonds is 5. The lowest BCUT2D eigenvalue weighted by Gasteiger charge is -2.42. The molecule has 0 N–H and O–H groups in total. The molecule has 2 aliphatic heterocycles. The molecule has 5 unspecified atom stereocenters. The monoisotopic (exact) mass is 324 g/mol. The third kappa shape index (κ3) is 3.54. The van der Waals surface area contributed by atoms with Gasteiger partial charge in [0.25, 0.3) is 0 Å². The SMILES string of the molecule is CCC(C)(C)C(=O)OCC(=O)OC1C2CC3COC1CC(C3)C2. The third-order valence-corrected chi connectivity index (χ3v) is 5.91. The predicted octanol–water partition coefficient (Wildman–Crippen LogP) is 2.71. The summed E-state index contributed by atoms with van der Waals surface area (Å²) in [5.74, 6) is 0.952. The van der Waals surface area contributed by atoms with Crippen molar-refractivity contribution in [1.82, 2.24) is 0 Å². The quantitative estimate of drug-likeness (QED) is 0.728. The molecule has 4 aliphatic rings. The fourth-order valence-corrected chi connectivity index (χ4v) is 4.22. The average Bonchev–Trinajstić information content (AvgIpc) is 2.73. The van der Waals surface area contributed by atoms with E-state index in [1.807, 2.05) is 20.8 Å². The van der Waals surface area contributed by atoms with E-state index in [9.17, 15) is 9.59 Å². The minimum absolute atomic E-state index is 0.0259. The summed E-state index contributed by atoms with van der Waals surface area (Å²) < 4.78 is 16.7. The lowest BCUT2D eigenvalue weighted by Crippen LogP contribution is -2.45. The topological polar surface area (TPSA) is 61.8 Å². The van der Waals surface area contributed by atoms with Crippen LogP contribution in [0.15, 0.2) is 0 Å². The van der Waals surface area contributed by atoms with Crippen LogP contribution in [0.1, 0.15) is 52.9 Å². The maximum Gasteiger partial charge on any atom is 0.344 e. The Labute approximate surface area is 138 Å². The van der Waals surface area contributed by atoms with Crippen molar-refractivity contribution >= 4 is 11.9 Å². The fraction of sp³-hybridized carbons (Fsp3) is 0.889. The molecule has 5 heteroatoms. The van der Waals surface area contributed by atoms with Crippen molar-refractivity contribution in [3.8, 4) is 0 Å². The molecule has 2 saturated carbocycles. The maximum atomic E-state index is 12.1. The van der Waals surface area contributed by atoms with Crippen LogP contribution in [0.2, 0.25) is 0 Å². The maximum absolute atomic E-state index is 12.1. The van der Waals surface area contributed by atoms with Gasteiger partial charge >= 0.3 is 11.9 Å². The molecule has 2 saturated heterocycles. The van der Waals surface area contributed by atoms with Crippen molar-refractivity contribution in [2.24, 2.45) is 23.2 Å². The van der Waals surface area contributed by atoms with E-state index >= 15 is 0 Å². The van der Waals surface area contributed by atoms with E-state index in [1.165, 1.54) is 6.42 Å². The number of hydrogen-bond acceptors (Lipinski definition) is 5. The van der Waals surface area contributed by atoms with E-state index in [4.69, 9.17) is 14.2 Å². The summed E-state index contributed by atoms with van der Waals surface area (Å²) in [4.78, 5) is 24.0. The molecule has 2 aliphatic carbocycles. The Morgan fingerprint density at radius 2 is 1.87 bits per heavy atom. The van der Waals surface area contributed by atoms with Crippen LogP contribution in [0.4, 0.5) is 0 Å². The second-order valence-corrected chi connectivity index (χ2v) is 8.07. The van der Waals surface area contributed by atoms with Crippen molar-refractivity contribution in [3.63, 3.8) is 0 Å². The van der Waals surface area contributed by atoms with E-state index < -0.39 is 11.4 Å². The fourth-order valence-electron chi connectivity index (χ4n) is 4.22. The lowest BCUT2D eigenvalue weighted by molar-refractivity contribution is -0.177. The Morgan fingerprint density at radius 1 is 1.13 bits per heavy atom. The highest BCUT2D eigenvalue weighted by molar-refractivity contribution is 5.79. The van der Waals surface area contributed by atoms with Crippen molar-refractivity contribution < 1.29 is 23.8 Å². The van der Waals surface area contributed by atoms with E-state index in [0.29, 0.717) is 18.3 Å². The molecule has 130 valence electrons. The van der Waals surface area contributed by atoms with Crippen molar-refractivity contribution in [1.29, 1.82) is 0 Å². The molecule has 23 heavy (non-hydrogen) atoms. The molecular formula is C18H28O5. The summed E-state index contributed by atoms with van der Waals surface area (Å²) in [6, 6.07) is 0. The first-order valence-corrected chi connectivity index (χ1v) is 8.87. The molecule has 2 heterocycles. The zero-order valence-electron chi connectivity index (χ0n) is 14.4. The average molecular weight is 324 g/mol. The third-order valence-electron chi connectivity index (χ3n) is 5.91. The van der Waals surface area contributed by atoms with Crippen LogP contribution in [0.3, 0.4) is 0 Å². The molecule has 5 atom stereocenters. The van der Waals surface area contributed by atoms with Gasteiger partial charge in [0.05, 0.1) is 11.5 Å². The number of ether oxygens (including phenoxy) is 3. The van der Waals surface area contributed by atoms with Gasteiger partial charge in [-0.2, -0.15) is 0 Å². The molecule has 5 nitrogen and oxygen atoms in total. The lowest BCUT2D eigenvalue weighted by atomic mass is 9.67. The normalized spacial score (nSPS) is 35.7. The summed E-state index contributed by atoms with van der Waals surface area (Å²) in [5, 5.41) is 0. The Hall–Kier alpha value is -1.10. The standard InChI is InChI=1S/C18H28O5/c1-4-18(2,3)17(20)22-10-15(19)23-16-13-6-11-5-12(7-13)9-21-14(16)8-11/h11-14,16H,4-10H2,1-3H3. The Morgan fingerprint density at radius 3 is 2.61 bits per heavy atom.